The number of fused-ring (bicyclic) bond motifs is 5. The Labute approximate surface area is 111 Å². The average Bonchev–Trinajstić information content (AvgIpc) is 3.00. The summed E-state index contributed by atoms with van der Waals surface area (Å²) in [6.07, 6.45) is 8.04. The fourth-order valence-corrected chi connectivity index (χ4v) is 4.62. The molecule has 2 bridgehead atoms. The van der Waals surface area contributed by atoms with Crippen molar-refractivity contribution in [2.75, 3.05) is 7.11 Å². The third kappa shape index (κ3) is 2.27. The standard InChI is InChI=1S/C12H20O.C4H6O/c1-12(13-2)7-8-6-11(12)10-5-3-4-9(8)10;1-4(2)3-5/h8-11H,3-7H2,1-2H3;3H,1H2,2H3. The van der Waals surface area contributed by atoms with E-state index in [1.807, 2.05) is 7.11 Å². The monoisotopic (exact) mass is 250 g/mol. The second-order valence-corrected chi connectivity index (χ2v) is 6.55. The van der Waals surface area contributed by atoms with Gasteiger partial charge in [0.15, 0.2) is 0 Å². The van der Waals surface area contributed by atoms with Crippen molar-refractivity contribution in [2.24, 2.45) is 23.7 Å². The minimum Gasteiger partial charge on any atom is -0.378 e. The molecule has 0 amide bonds. The third-order valence-electron chi connectivity index (χ3n) is 5.42. The number of ether oxygens (including phenoxy) is 1. The molecular formula is C16H26O2. The van der Waals surface area contributed by atoms with E-state index in [4.69, 9.17) is 4.74 Å². The Morgan fingerprint density at radius 2 is 2.00 bits per heavy atom. The molecule has 0 aromatic rings. The van der Waals surface area contributed by atoms with Crippen molar-refractivity contribution >= 4 is 6.29 Å². The summed E-state index contributed by atoms with van der Waals surface area (Å²) in [6.45, 7) is 7.30. The van der Waals surface area contributed by atoms with Crippen LogP contribution >= 0.6 is 0 Å². The first kappa shape index (κ1) is 13.8. The summed E-state index contributed by atoms with van der Waals surface area (Å²) < 4.78 is 5.74. The third-order valence-corrected chi connectivity index (χ3v) is 5.42. The van der Waals surface area contributed by atoms with E-state index in [-0.39, 0.29) is 5.60 Å². The van der Waals surface area contributed by atoms with Gasteiger partial charge in [0.2, 0.25) is 0 Å². The summed E-state index contributed by atoms with van der Waals surface area (Å²) in [6, 6.07) is 0. The topological polar surface area (TPSA) is 26.3 Å². The lowest BCUT2D eigenvalue weighted by atomic mass is 9.74. The molecule has 2 heteroatoms. The molecule has 3 rings (SSSR count). The molecule has 3 aliphatic rings. The molecule has 0 heterocycles. The zero-order valence-corrected chi connectivity index (χ0v) is 11.9. The lowest BCUT2D eigenvalue weighted by Crippen LogP contribution is -2.40. The molecule has 2 nitrogen and oxygen atoms in total. The van der Waals surface area contributed by atoms with E-state index in [1.54, 1.807) is 6.92 Å². The molecule has 0 aromatic heterocycles. The van der Waals surface area contributed by atoms with Crippen molar-refractivity contribution in [3.05, 3.63) is 12.2 Å². The molecule has 5 unspecified atom stereocenters. The number of allylic oxidation sites excluding steroid dienone is 1. The number of aldehydes is 1. The smallest absolute Gasteiger partial charge is 0.145 e. The molecular weight excluding hydrogens is 224 g/mol. The SMILES string of the molecule is C=C(C)C=O.COC1(C)CC2CC1C1CCCC21. The minimum absolute atomic E-state index is 0.246. The average molecular weight is 250 g/mol. The van der Waals surface area contributed by atoms with Crippen LogP contribution in [0.25, 0.3) is 0 Å². The van der Waals surface area contributed by atoms with Gasteiger partial charge in [-0.3, -0.25) is 4.79 Å². The normalized spacial score (nSPS) is 44.2. The van der Waals surface area contributed by atoms with Crippen LogP contribution in [0.15, 0.2) is 12.2 Å². The van der Waals surface area contributed by atoms with E-state index >= 15 is 0 Å². The zero-order chi connectivity index (χ0) is 13.3. The molecule has 3 aliphatic carbocycles. The Morgan fingerprint density at radius 1 is 1.39 bits per heavy atom. The number of carbonyl (C=O) groups excluding carboxylic acids is 1. The molecule has 0 N–H and O–H groups in total. The Bertz CT molecular complexity index is 336. The summed E-state index contributed by atoms with van der Waals surface area (Å²) >= 11 is 0. The molecule has 0 radical (unpaired) electrons. The first-order valence-corrected chi connectivity index (χ1v) is 7.17. The Balaban J connectivity index is 0.000000209. The van der Waals surface area contributed by atoms with E-state index in [1.165, 1.54) is 32.1 Å². The maximum absolute atomic E-state index is 9.41. The highest BCUT2D eigenvalue weighted by molar-refractivity contribution is 5.70. The highest BCUT2D eigenvalue weighted by atomic mass is 16.5. The lowest BCUT2D eigenvalue weighted by molar-refractivity contribution is -0.104. The molecule has 0 spiro atoms. The molecule has 5 atom stereocenters. The van der Waals surface area contributed by atoms with Gasteiger partial charge in [-0.1, -0.05) is 13.0 Å². The summed E-state index contributed by atoms with van der Waals surface area (Å²) in [5.41, 5.74) is 0.820. The maximum atomic E-state index is 9.41. The van der Waals surface area contributed by atoms with Gasteiger partial charge in [0.25, 0.3) is 0 Å². The second kappa shape index (κ2) is 5.16. The van der Waals surface area contributed by atoms with E-state index < -0.39 is 0 Å². The van der Waals surface area contributed by atoms with Gasteiger partial charge in [-0.2, -0.15) is 0 Å². The predicted molar refractivity (Wildman–Crippen MR) is 73.3 cm³/mol. The number of hydrogen-bond acceptors (Lipinski definition) is 2. The zero-order valence-electron chi connectivity index (χ0n) is 11.9. The molecule has 18 heavy (non-hydrogen) atoms. The van der Waals surface area contributed by atoms with Crippen molar-refractivity contribution < 1.29 is 9.53 Å². The molecule has 0 aliphatic heterocycles. The number of hydrogen-bond donors (Lipinski definition) is 0. The maximum Gasteiger partial charge on any atom is 0.145 e. The summed E-state index contributed by atoms with van der Waals surface area (Å²) in [5.74, 6) is 4.04. The Kier molecular flexibility index (Phi) is 3.96. The van der Waals surface area contributed by atoms with Gasteiger partial charge in [-0.25, -0.2) is 0 Å². The van der Waals surface area contributed by atoms with Gasteiger partial charge in [0, 0.05) is 7.11 Å². The van der Waals surface area contributed by atoms with Crippen molar-refractivity contribution in [1.82, 2.24) is 0 Å². The van der Waals surface area contributed by atoms with Crippen molar-refractivity contribution in [2.45, 2.75) is 51.6 Å². The predicted octanol–water partition coefficient (Wildman–Crippen LogP) is 3.61. The fourth-order valence-electron chi connectivity index (χ4n) is 4.62. The van der Waals surface area contributed by atoms with E-state index in [0.717, 1.165) is 30.0 Å². The number of carbonyl (C=O) groups is 1. The summed E-state index contributed by atoms with van der Waals surface area (Å²) in [7, 11) is 1.91. The van der Waals surface area contributed by atoms with Crippen molar-refractivity contribution in [1.29, 1.82) is 0 Å². The minimum atomic E-state index is 0.246. The highest BCUT2D eigenvalue weighted by Gasteiger charge is 2.59. The van der Waals surface area contributed by atoms with Gasteiger partial charge in [0.1, 0.15) is 6.29 Å². The Hall–Kier alpha value is -0.630. The largest absolute Gasteiger partial charge is 0.378 e. The number of rotatable bonds is 2. The first-order chi connectivity index (χ1) is 8.51. The van der Waals surface area contributed by atoms with Crippen LogP contribution in [0.2, 0.25) is 0 Å². The van der Waals surface area contributed by atoms with Crippen LogP contribution < -0.4 is 0 Å². The number of methoxy groups -OCH3 is 1. The van der Waals surface area contributed by atoms with Crippen molar-refractivity contribution in [3.63, 3.8) is 0 Å². The highest BCUT2D eigenvalue weighted by Crippen LogP contribution is 2.63. The van der Waals surface area contributed by atoms with Crippen molar-refractivity contribution in [3.8, 4) is 0 Å². The molecule has 0 saturated heterocycles. The molecule has 102 valence electrons. The summed E-state index contributed by atoms with van der Waals surface area (Å²) in [5, 5.41) is 0. The fraction of sp³-hybridized carbons (Fsp3) is 0.812. The summed E-state index contributed by atoms with van der Waals surface area (Å²) in [4.78, 5) is 9.41. The van der Waals surface area contributed by atoms with Gasteiger partial charge in [-0.15, -0.1) is 0 Å². The first-order valence-electron chi connectivity index (χ1n) is 7.17. The van der Waals surface area contributed by atoms with Gasteiger partial charge >= 0.3 is 0 Å². The van der Waals surface area contributed by atoms with Crippen LogP contribution in [0.3, 0.4) is 0 Å². The Morgan fingerprint density at radius 3 is 2.56 bits per heavy atom. The van der Waals surface area contributed by atoms with Gasteiger partial charge in [-0.05, 0) is 68.8 Å². The van der Waals surface area contributed by atoms with Crippen LogP contribution in [0, 0.1) is 23.7 Å². The van der Waals surface area contributed by atoms with Gasteiger partial charge in [0.05, 0.1) is 5.60 Å². The van der Waals surface area contributed by atoms with Crippen LogP contribution in [0.1, 0.15) is 46.0 Å². The van der Waals surface area contributed by atoms with Gasteiger partial charge < -0.3 is 4.74 Å². The second-order valence-electron chi connectivity index (χ2n) is 6.55. The van der Waals surface area contributed by atoms with Crippen LogP contribution in [0.5, 0.6) is 0 Å². The molecule has 0 aromatic carbocycles. The molecule has 3 saturated carbocycles. The van der Waals surface area contributed by atoms with E-state index in [0.29, 0.717) is 5.57 Å². The van der Waals surface area contributed by atoms with Crippen LogP contribution in [-0.2, 0) is 9.53 Å². The van der Waals surface area contributed by atoms with Crippen LogP contribution in [-0.4, -0.2) is 19.0 Å². The quantitative estimate of drug-likeness (QED) is 0.553. The molecule has 3 fully saturated rings. The van der Waals surface area contributed by atoms with E-state index in [2.05, 4.69) is 13.5 Å². The van der Waals surface area contributed by atoms with E-state index in [9.17, 15) is 4.79 Å². The van der Waals surface area contributed by atoms with Crippen LogP contribution in [0.4, 0.5) is 0 Å². The lowest BCUT2D eigenvalue weighted by Gasteiger charge is -2.39.